The Morgan fingerprint density at radius 3 is 2.56 bits per heavy atom. The summed E-state index contributed by atoms with van der Waals surface area (Å²) in [4.78, 5) is 23.7. The van der Waals surface area contributed by atoms with Gasteiger partial charge in [-0.3, -0.25) is 20.4 Å². The van der Waals surface area contributed by atoms with E-state index in [2.05, 4.69) is 10.9 Å². The average Bonchev–Trinajstić information content (AvgIpc) is 2.66. The minimum absolute atomic E-state index is 0.177. The first-order valence-electron chi connectivity index (χ1n) is 8.34. The average molecular weight is 389 g/mol. The minimum atomic E-state index is -0.471. The molecule has 0 heterocycles. The quantitative estimate of drug-likeness (QED) is 0.564. The molecule has 6 nitrogen and oxygen atoms in total. The van der Waals surface area contributed by atoms with Crippen LogP contribution in [0.5, 0.6) is 11.5 Å². The highest BCUT2D eigenvalue weighted by Crippen LogP contribution is 2.36. The highest BCUT2D eigenvalue weighted by Gasteiger charge is 2.10. The molecule has 0 spiro atoms. The number of rotatable bonds is 7. The second-order valence-electron chi connectivity index (χ2n) is 5.50. The fourth-order valence-corrected chi connectivity index (χ4v) is 2.61. The third-order valence-corrected chi connectivity index (χ3v) is 3.78. The number of hydrazine groups is 1. The smallest absolute Gasteiger partial charge is 0.262 e. The van der Waals surface area contributed by atoms with Crippen molar-refractivity contribution in [3.63, 3.8) is 0 Å². The van der Waals surface area contributed by atoms with Crippen molar-refractivity contribution in [2.24, 2.45) is 0 Å². The van der Waals surface area contributed by atoms with Gasteiger partial charge in [0.2, 0.25) is 5.91 Å². The molecular formula is C20H21ClN2O4. The number of amides is 2. The molecular weight excluding hydrogens is 368 g/mol. The van der Waals surface area contributed by atoms with Gasteiger partial charge in [0.15, 0.2) is 11.5 Å². The number of nitrogens with one attached hydrogen (secondary N) is 2. The van der Waals surface area contributed by atoms with Crippen molar-refractivity contribution in [3.8, 4) is 11.5 Å². The highest BCUT2D eigenvalue weighted by atomic mass is 35.5. The Hall–Kier alpha value is -2.99. The Labute approximate surface area is 163 Å². The van der Waals surface area contributed by atoms with Crippen LogP contribution in [0.15, 0.2) is 48.5 Å². The largest absolute Gasteiger partial charge is 0.491 e. The molecule has 0 aliphatic rings. The summed E-state index contributed by atoms with van der Waals surface area (Å²) in [6.07, 6.45) is 3.03. The van der Waals surface area contributed by atoms with Crippen molar-refractivity contribution in [2.75, 3.05) is 13.7 Å². The van der Waals surface area contributed by atoms with Crippen LogP contribution in [0.25, 0.3) is 6.08 Å². The standard InChI is InChI=1S/C20H21ClN2O4/c1-3-27-17-12-15(11-16(21)20(17)26-2)9-10-18(24)22-23-19(25)13-14-7-5-4-6-8-14/h4-12H,3,13H2,1-2H3,(H,22,24)(H,23,25)/b10-9+. The van der Waals surface area contributed by atoms with E-state index in [-0.39, 0.29) is 12.3 Å². The fourth-order valence-electron chi connectivity index (χ4n) is 2.32. The van der Waals surface area contributed by atoms with Crippen molar-refractivity contribution in [2.45, 2.75) is 13.3 Å². The SMILES string of the molecule is CCOc1cc(/C=C/C(=O)NNC(=O)Cc2ccccc2)cc(Cl)c1OC. The van der Waals surface area contributed by atoms with Crippen LogP contribution in [0.4, 0.5) is 0 Å². The van der Waals surface area contributed by atoms with Crippen molar-refractivity contribution in [1.82, 2.24) is 10.9 Å². The van der Waals surface area contributed by atoms with Crippen LogP contribution in [0, 0.1) is 0 Å². The maximum atomic E-state index is 11.9. The van der Waals surface area contributed by atoms with E-state index in [1.165, 1.54) is 13.2 Å². The molecule has 0 aliphatic heterocycles. The Kier molecular flexibility index (Phi) is 7.70. The summed E-state index contributed by atoms with van der Waals surface area (Å²) >= 11 is 6.17. The summed E-state index contributed by atoms with van der Waals surface area (Å²) in [7, 11) is 1.50. The number of carbonyl (C=O) groups excluding carboxylic acids is 2. The van der Waals surface area contributed by atoms with Gasteiger partial charge in [-0.15, -0.1) is 0 Å². The van der Waals surface area contributed by atoms with E-state index in [4.69, 9.17) is 21.1 Å². The summed E-state index contributed by atoms with van der Waals surface area (Å²) in [5.74, 6) is 0.146. The summed E-state index contributed by atoms with van der Waals surface area (Å²) in [5.41, 5.74) is 6.22. The summed E-state index contributed by atoms with van der Waals surface area (Å²) in [6, 6.07) is 12.6. The number of benzene rings is 2. The molecule has 2 rings (SSSR count). The van der Waals surface area contributed by atoms with Gasteiger partial charge in [0.25, 0.3) is 5.91 Å². The van der Waals surface area contributed by atoms with Gasteiger partial charge in [0, 0.05) is 6.08 Å². The lowest BCUT2D eigenvalue weighted by Crippen LogP contribution is -2.41. The second-order valence-corrected chi connectivity index (χ2v) is 5.91. The van der Waals surface area contributed by atoms with E-state index in [0.717, 1.165) is 5.56 Å². The molecule has 0 saturated carbocycles. The van der Waals surface area contributed by atoms with Gasteiger partial charge in [-0.2, -0.15) is 0 Å². The third kappa shape index (κ3) is 6.34. The van der Waals surface area contributed by atoms with Crippen LogP contribution in [0.3, 0.4) is 0 Å². The third-order valence-electron chi connectivity index (χ3n) is 3.50. The van der Waals surface area contributed by atoms with Gasteiger partial charge in [0.1, 0.15) is 0 Å². The molecule has 0 aromatic heterocycles. The molecule has 0 aliphatic carbocycles. The Morgan fingerprint density at radius 2 is 1.89 bits per heavy atom. The molecule has 0 unspecified atom stereocenters. The van der Waals surface area contributed by atoms with Crippen LogP contribution in [0.1, 0.15) is 18.1 Å². The van der Waals surface area contributed by atoms with Gasteiger partial charge in [-0.25, -0.2) is 0 Å². The van der Waals surface area contributed by atoms with Crippen LogP contribution < -0.4 is 20.3 Å². The molecule has 2 aromatic rings. The maximum Gasteiger partial charge on any atom is 0.262 e. The normalized spacial score (nSPS) is 10.5. The molecule has 0 atom stereocenters. The van der Waals surface area contributed by atoms with Gasteiger partial charge >= 0.3 is 0 Å². The fraction of sp³-hybridized carbons (Fsp3) is 0.200. The molecule has 2 N–H and O–H groups in total. The molecule has 0 saturated heterocycles. The zero-order valence-corrected chi connectivity index (χ0v) is 15.9. The van der Waals surface area contributed by atoms with E-state index in [0.29, 0.717) is 28.7 Å². The van der Waals surface area contributed by atoms with Crippen molar-refractivity contribution in [3.05, 3.63) is 64.7 Å². The molecule has 0 fully saturated rings. The maximum absolute atomic E-state index is 11.9. The Morgan fingerprint density at radius 1 is 1.15 bits per heavy atom. The number of hydrogen-bond acceptors (Lipinski definition) is 4. The molecule has 142 valence electrons. The minimum Gasteiger partial charge on any atom is -0.491 e. The van der Waals surface area contributed by atoms with Crippen molar-refractivity contribution >= 4 is 29.5 Å². The van der Waals surface area contributed by atoms with Crippen LogP contribution in [0.2, 0.25) is 5.02 Å². The molecule has 2 aromatic carbocycles. The van der Waals surface area contributed by atoms with E-state index in [1.54, 1.807) is 18.2 Å². The lowest BCUT2D eigenvalue weighted by Gasteiger charge is -2.11. The number of hydrogen-bond donors (Lipinski definition) is 2. The number of halogens is 1. The van der Waals surface area contributed by atoms with E-state index in [1.807, 2.05) is 37.3 Å². The Bertz CT molecular complexity index is 822. The van der Waals surface area contributed by atoms with Crippen LogP contribution >= 0.6 is 11.6 Å². The molecule has 0 radical (unpaired) electrons. The lowest BCUT2D eigenvalue weighted by molar-refractivity contribution is -0.126. The van der Waals surface area contributed by atoms with Gasteiger partial charge < -0.3 is 9.47 Å². The zero-order chi connectivity index (χ0) is 19.6. The first kappa shape index (κ1) is 20.3. The molecule has 27 heavy (non-hydrogen) atoms. The predicted molar refractivity (Wildman–Crippen MR) is 105 cm³/mol. The van der Waals surface area contributed by atoms with Gasteiger partial charge in [-0.1, -0.05) is 41.9 Å². The monoisotopic (exact) mass is 388 g/mol. The predicted octanol–water partition coefficient (Wildman–Crippen LogP) is 3.15. The number of methoxy groups -OCH3 is 1. The van der Waals surface area contributed by atoms with Crippen LogP contribution in [-0.2, 0) is 16.0 Å². The lowest BCUT2D eigenvalue weighted by atomic mass is 10.1. The Balaban J connectivity index is 1.93. The van der Waals surface area contributed by atoms with Gasteiger partial charge in [-0.05, 0) is 36.3 Å². The molecule has 7 heteroatoms. The van der Waals surface area contributed by atoms with E-state index < -0.39 is 5.91 Å². The topological polar surface area (TPSA) is 76.7 Å². The van der Waals surface area contributed by atoms with E-state index in [9.17, 15) is 9.59 Å². The first-order valence-corrected chi connectivity index (χ1v) is 8.72. The number of ether oxygens (including phenoxy) is 2. The highest BCUT2D eigenvalue weighted by molar-refractivity contribution is 6.32. The van der Waals surface area contributed by atoms with Crippen molar-refractivity contribution in [1.29, 1.82) is 0 Å². The molecule has 2 amide bonds. The zero-order valence-electron chi connectivity index (χ0n) is 15.1. The number of carbonyl (C=O) groups is 2. The summed E-state index contributed by atoms with van der Waals surface area (Å²) in [6.45, 7) is 2.30. The first-order chi connectivity index (χ1) is 13.0. The van der Waals surface area contributed by atoms with Gasteiger partial charge in [0.05, 0.1) is 25.2 Å². The summed E-state index contributed by atoms with van der Waals surface area (Å²) in [5, 5.41) is 0.375. The van der Waals surface area contributed by atoms with E-state index >= 15 is 0 Å². The van der Waals surface area contributed by atoms with Crippen LogP contribution in [-0.4, -0.2) is 25.5 Å². The molecule has 0 bridgehead atoms. The second kappa shape index (κ2) is 10.2. The van der Waals surface area contributed by atoms with Crippen molar-refractivity contribution < 1.29 is 19.1 Å². The summed E-state index contributed by atoms with van der Waals surface area (Å²) < 4.78 is 10.7.